The Bertz CT molecular complexity index is 2460. The molecule has 0 amide bonds. The Labute approximate surface area is 491 Å². The van der Waals surface area contributed by atoms with E-state index in [9.17, 15) is 10.2 Å². The van der Waals surface area contributed by atoms with Gasteiger partial charge in [-0.3, -0.25) is 0 Å². The number of hydrogen-bond acceptors (Lipinski definition) is 8. The lowest BCUT2D eigenvalue weighted by Crippen LogP contribution is -2.21. The van der Waals surface area contributed by atoms with Crippen molar-refractivity contribution < 1.29 is 19.7 Å². The Hall–Kier alpha value is -2.52. The number of ether oxygens (including phenoxy) is 2. The van der Waals surface area contributed by atoms with Crippen LogP contribution in [0.1, 0.15) is 272 Å². The molecule has 4 nitrogen and oxygen atoms in total. The largest absolute Gasteiger partial charge is 0.507 e. The fourth-order valence-electron chi connectivity index (χ4n) is 9.12. The summed E-state index contributed by atoms with van der Waals surface area (Å²) in [5.41, 5.74) is 8.43. The number of phenolic OH excluding ortho intramolecular Hbond substituents is 2. The Morgan fingerprint density at radius 1 is 0.325 bits per heavy atom. The summed E-state index contributed by atoms with van der Waals surface area (Å²) in [7, 11) is 0. The first-order valence-electron chi connectivity index (χ1n) is 28.1. The van der Waals surface area contributed by atoms with Crippen molar-refractivity contribution in [3.05, 3.63) is 93.0 Å². The van der Waals surface area contributed by atoms with Gasteiger partial charge in [0.1, 0.15) is 23.0 Å². The van der Waals surface area contributed by atoms with Crippen molar-refractivity contribution in [2.24, 2.45) is 0 Å². The van der Waals surface area contributed by atoms with Crippen LogP contribution >= 0.6 is 47.0 Å². The zero-order chi connectivity index (χ0) is 59.0. The molecule has 0 fully saturated rings. The van der Waals surface area contributed by atoms with Gasteiger partial charge in [-0.15, -0.1) is 47.0 Å². The first-order chi connectivity index (χ1) is 33.9. The molecule has 0 aliphatic carbocycles. The van der Waals surface area contributed by atoms with E-state index in [1.54, 1.807) is 0 Å². The second kappa shape index (κ2) is 25.3. The number of benzene rings is 4. The van der Waals surface area contributed by atoms with E-state index in [-0.39, 0.29) is 58.9 Å². The van der Waals surface area contributed by atoms with E-state index in [2.05, 4.69) is 256 Å². The van der Waals surface area contributed by atoms with Crippen LogP contribution in [-0.2, 0) is 43.3 Å². The number of aromatic hydroxyl groups is 2. The van der Waals surface area contributed by atoms with Crippen molar-refractivity contribution >= 4 is 47.0 Å². The van der Waals surface area contributed by atoms with E-state index in [1.807, 2.05) is 47.0 Å². The third kappa shape index (κ3) is 19.9. The summed E-state index contributed by atoms with van der Waals surface area (Å²) in [5, 5.41) is 22.4. The molecule has 8 heteroatoms. The van der Waals surface area contributed by atoms with E-state index >= 15 is 0 Å². The Morgan fingerprint density at radius 3 is 0.701 bits per heavy atom. The molecule has 0 aromatic heterocycles. The molecule has 4 aromatic rings. The number of rotatable bonds is 14. The van der Waals surface area contributed by atoms with Crippen LogP contribution in [-0.4, -0.2) is 31.6 Å². The summed E-state index contributed by atoms with van der Waals surface area (Å²) in [5.74, 6) is 2.99. The first-order valence-corrected chi connectivity index (χ1v) is 31.4. The van der Waals surface area contributed by atoms with Crippen molar-refractivity contribution in [1.29, 1.82) is 0 Å². The molecule has 77 heavy (non-hydrogen) atoms. The third-order valence-electron chi connectivity index (χ3n) is 13.2. The van der Waals surface area contributed by atoms with Crippen molar-refractivity contribution in [1.82, 2.24) is 0 Å². The topological polar surface area (TPSA) is 58.9 Å². The van der Waals surface area contributed by atoms with E-state index in [1.165, 1.54) is 41.8 Å². The number of hydrogen-bond donors (Lipinski definition) is 2. The molecule has 0 bridgehead atoms. The molecule has 0 aliphatic heterocycles. The van der Waals surface area contributed by atoms with E-state index in [0.29, 0.717) is 18.1 Å². The van der Waals surface area contributed by atoms with Crippen molar-refractivity contribution in [3.8, 4) is 23.0 Å². The van der Waals surface area contributed by atoms with E-state index in [0.717, 1.165) is 53.2 Å². The minimum atomic E-state index is -0.144. The van der Waals surface area contributed by atoms with Crippen molar-refractivity contribution in [3.63, 3.8) is 0 Å². The maximum Gasteiger partial charge on any atom is 0.126 e. The SMILES string of the molecule is C.CCCCOc1c(C(C)(C)C)cc(SC(C)(C)Sc2cc(C(C)(C)C)c(O)c(C(C)(C)C)c2)cc1C(C)(C)C.CCOc1c(C(C)(C)C)cc(SC(C)(C)Sc2cc(C(C)(C)C)c(O)c(C(C)(C)C)c2)cc1C(C)(C)C. The molecular formula is C69H112O4S4. The molecular weight excluding hydrogens is 1020 g/mol. The summed E-state index contributed by atoms with van der Waals surface area (Å²) in [6.07, 6.45) is 2.19. The van der Waals surface area contributed by atoms with Crippen LogP contribution in [0.25, 0.3) is 0 Å². The van der Waals surface area contributed by atoms with Gasteiger partial charge in [0.25, 0.3) is 0 Å². The molecule has 0 spiro atoms. The zero-order valence-electron chi connectivity index (χ0n) is 53.8. The minimum Gasteiger partial charge on any atom is -0.507 e. The summed E-state index contributed by atoms with van der Waals surface area (Å²) in [4.78, 5) is 4.94. The highest BCUT2D eigenvalue weighted by molar-refractivity contribution is 8.18. The number of unbranched alkanes of at least 4 members (excludes halogenated alkanes) is 1. The van der Waals surface area contributed by atoms with Crippen LogP contribution in [0.4, 0.5) is 0 Å². The lowest BCUT2D eigenvalue weighted by molar-refractivity contribution is 0.292. The van der Waals surface area contributed by atoms with E-state index in [4.69, 9.17) is 9.47 Å². The minimum absolute atomic E-state index is 0. The second-order valence-electron chi connectivity index (χ2n) is 30.3. The van der Waals surface area contributed by atoms with Crippen molar-refractivity contribution in [2.45, 2.75) is 299 Å². The molecule has 0 unspecified atom stereocenters. The number of phenols is 2. The van der Waals surface area contributed by atoms with Crippen LogP contribution in [0.3, 0.4) is 0 Å². The maximum atomic E-state index is 11.2. The molecule has 0 atom stereocenters. The molecule has 0 radical (unpaired) electrons. The Morgan fingerprint density at radius 2 is 0.519 bits per heavy atom. The monoisotopic (exact) mass is 1130 g/mol. The van der Waals surface area contributed by atoms with Gasteiger partial charge in [-0.25, -0.2) is 0 Å². The molecule has 0 saturated heterocycles. The van der Waals surface area contributed by atoms with Crippen LogP contribution in [0, 0.1) is 0 Å². The van der Waals surface area contributed by atoms with Gasteiger partial charge < -0.3 is 19.7 Å². The van der Waals surface area contributed by atoms with Gasteiger partial charge in [-0.05, 0) is 133 Å². The van der Waals surface area contributed by atoms with Crippen LogP contribution in [0.5, 0.6) is 23.0 Å². The predicted octanol–water partition coefficient (Wildman–Crippen LogP) is 22.6. The smallest absolute Gasteiger partial charge is 0.126 e. The summed E-state index contributed by atoms with van der Waals surface area (Å²) >= 11 is 7.57. The average molecular weight is 1130 g/mol. The molecule has 0 heterocycles. The quantitative estimate of drug-likeness (QED) is 0.0736. The highest BCUT2D eigenvalue weighted by atomic mass is 32.2. The maximum absolute atomic E-state index is 11.2. The molecule has 2 N–H and O–H groups in total. The van der Waals surface area contributed by atoms with Gasteiger partial charge in [0.05, 0.1) is 21.4 Å². The highest BCUT2D eigenvalue weighted by Crippen LogP contribution is 2.53. The number of thioether (sulfide) groups is 4. The van der Waals surface area contributed by atoms with Crippen molar-refractivity contribution in [2.75, 3.05) is 13.2 Å². The molecule has 4 rings (SSSR count). The lowest BCUT2D eigenvalue weighted by Gasteiger charge is -2.32. The third-order valence-corrected chi connectivity index (χ3v) is 18.1. The van der Waals surface area contributed by atoms with Gasteiger partial charge in [-0.2, -0.15) is 0 Å². The Kier molecular flexibility index (Phi) is 23.2. The fraction of sp³-hybridized carbons (Fsp3) is 0.652. The van der Waals surface area contributed by atoms with Gasteiger partial charge in [0, 0.05) is 64.1 Å². The highest BCUT2D eigenvalue weighted by Gasteiger charge is 2.35. The zero-order valence-corrected chi connectivity index (χ0v) is 57.1. The van der Waals surface area contributed by atoms with Gasteiger partial charge in [-0.1, -0.05) is 187 Å². The lowest BCUT2D eigenvalue weighted by atomic mass is 9.79. The molecule has 4 aromatic carbocycles. The van der Waals surface area contributed by atoms with Gasteiger partial charge >= 0.3 is 0 Å². The fourth-order valence-corrected chi connectivity index (χ4v) is 14.3. The first kappa shape index (κ1) is 70.6. The molecule has 436 valence electrons. The normalized spacial score (nSPS) is 13.5. The van der Waals surface area contributed by atoms with Crippen LogP contribution in [0.15, 0.2) is 68.1 Å². The van der Waals surface area contributed by atoms with Crippen LogP contribution < -0.4 is 9.47 Å². The standard InChI is InChI=1S/C35H56O2S2.C33H52O2S2.CH4/c1-16-17-18-37-30-27(33(8,9)10)21-24(22-28(30)34(11,12)13)39-35(14,15)38-23-19-25(31(2,3)4)29(36)26(20-23)32(5,6)7;1-16-35-28-25(31(8,9)10)19-22(20-26(28)32(11,12)13)37-33(14,15)36-21-17-23(29(2,3)4)27(34)24(18-21)30(5,6)7;/h19-22,36H,16-18H2,1-15H3;17-20,34H,16H2,1-15H3;1H4. The molecule has 0 saturated carbocycles. The predicted molar refractivity (Wildman–Crippen MR) is 349 cm³/mol. The van der Waals surface area contributed by atoms with E-state index < -0.39 is 0 Å². The van der Waals surface area contributed by atoms with Gasteiger partial charge in [0.2, 0.25) is 0 Å². The summed E-state index contributed by atoms with van der Waals surface area (Å²) in [6, 6.07) is 18.2. The summed E-state index contributed by atoms with van der Waals surface area (Å²) in [6.45, 7) is 68.3. The average Bonchev–Trinajstić information content (AvgIpc) is 3.19. The molecule has 0 aliphatic rings. The van der Waals surface area contributed by atoms with Crippen LogP contribution in [0.2, 0.25) is 0 Å². The Balaban J connectivity index is 0.000000521. The second-order valence-corrected chi connectivity index (χ2v) is 37.6. The van der Waals surface area contributed by atoms with Gasteiger partial charge in [0.15, 0.2) is 0 Å². The summed E-state index contributed by atoms with van der Waals surface area (Å²) < 4.78 is 12.5.